The Hall–Kier alpha value is -3.72. The van der Waals surface area contributed by atoms with Crippen molar-refractivity contribution in [2.45, 2.75) is 51.6 Å². The smallest absolute Gasteiger partial charge is 0.253 e. The summed E-state index contributed by atoms with van der Waals surface area (Å²) in [6, 6.07) is 13.5. The molecule has 37 heavy (non-hydrogen) atoms. The van der Waals surface area contributed by atoms with Crippen LogP contribution in [-0.2, 0) is 0 Å². The molecule has 2 fully saturated rings. The van der Waals surface area contributed by atoms with Crippen molar-refractivity contribution < 1.29 is 5.11 Å². The second-order valence-corrected chi connectivity index (χ2v) is 10.5. The number of aryl methyl sites for hydroxylation is 2. The van der Waals surface area contributed by atoms with Gasteiger partial charge in [-0.3, -0.25) is 9.69 Å². The average Bonchev–Trinajstić information content (AvgIpc) is 3.58. The van der Waals surface area contributed by atoms with Gasteiger partial charge < -0.3 is 15.0 Å². The summed E-state index contributed by atoms with van der Waals surface area (Å²) >= 11 is 0. The summed E-state index contributed by atoms with van der Waals surface area (Å²) in [6.45, 7) is 7.23. The molecule has 0 bridgehead atoms. The number of pyridine rings is 1. The number of benzene rings is 2. The molecule has 2 aliphatic rings. The highest BCUT2D eigenvalue weighted by Gasteiger charge is 2.34. The predicted molar refractivity (Wildman–Crippen MR) is 143 cm³/mol. The van der Waals surface area contributed by atoms with Gasteiger partial charge in [0.2, 0.25) is 0 Å². The number of anilines is 1. The lowest BCUT2D eigenvalue weighted by Crippen LogP contribution is -2.49. The Morgan fingerprint density at radius 2 is 1.73 bits per heavy atom. The van der Waals surface area contributed by atoms with E-state index >= 15 is 0 Å². The van der Waals surface area contributed by atoms with Crippen LogP contribution in [0.3, 0.4) is 0 Å². The van der Waals surface area contributed by atoms with E-state index in [4.69, 9.17) is 0 Å². The molecule has 0 amide bonds. The summed E-state index contributed by atoms with van der Waals surface area (Å²) in [5, 5.41) is 23.7. The molecule has 4 aromatic rings. The number of hydrogen-bond donors (Lipinski definition) is 2. The monoisotopic (exact) mass is 499 g/mol. The van der Waals surface area contributed by atoms with Crippen molar-refractivity contribution in [3.8, 4) is 5.75 Å². The third kappa shape index (κ3) is 4.48. The molecular formula is C28H33N7O2. The van der Waals surface area contributed by atoms with Gasteiger partial charge in [0.05, 0.1) is 11.6 Å². The minimum absolute atomic E-state index is 0.0913. The molecule has 1 atom stereocenters. The van der Waals surface area contributed by atoms with Gasteiger partial charge in [-0.05, 0) is 84.5 Å². The standard InChI is InChI=1S/C28H33N7O2/c1-18-15-19(2)25-20(16-18)17-24(28(37)29-25)26(27-30-31-32-35(27)22-5-3-4-6-22)34-13-11-33(12-14-34)21-7-9-23(36)10-8-21/h7-10,15-17,22,26,36H,3-6,11-14H2,1-2H3,(H,29,37)/t26-/m0/s1. The number of piperazine rings is 1. The first-order valence-electron chi connectivity index (χ1n) is 13.2. The van der Waals surface area contributed by atoms with Crippen LogP contribution in [0.4, 0.5) is 5.69 Å². The molecule has 0 spiro atoms. The van der Waals surface area contributed by atoms with E-state index in [0.29, 0.717) is 5.56 Å². The van der Waals surface area contributed by atoms with E-state index in [-0.39, 0.29) is 23.4 Å². The van der Waals surface area contributed by atoms with Crippen molar-refractivity contribution in [2.24, 2.45) is 0 Å². The topological polar surface area (TPSA) is 103 Å². The maximum absolute atomic E-state index is 13.6. The van der Waals surface area contributed by atoms with Crippen LogP contribution in [-0.4, -0.2) is 61.4 Å². The Bertz CT molecular complexity index is 1460. The molecular weight excluding hydrogens is 466 g/mol. The minimum atomic E-state index is -0.341. The first-order chi connectivity index (χ1) is 18.0. The van der Waals surface area contributed by atoms with Crippen LogP contribution in [0.5, 0.6) is 5.75 Å². The SMILES string of the molecule is Cc1cc(C)c2[nH]c(=O)c([C@@H](c3nnnn3C3CCCC3)N3CCN(c4ccc(O)cc4)CC3)cc2c1. The normalized spacial score (nSPS) is 18.1. The van der Waals surface area contributed by atoms with Crippen molar-refractivity contribution in [3.05, 3.63) is 75.3 Å². The number of phenolic OH excluding ortho intramolecular Hbond substituents is 1. The maximum atomic E-state index is 13.6. The Morgan fingerprint density at radius 3 is 2.46 bits per heavy atom. The van der Waals surface area contributed by atoms with Crippen molar-refractivity contribution in [1.82, 2.24) is 30.1 Å². The summed E-state index contributed by atoms with van der Waals surface area (Å²) < 4.78 is 1.98. The molecule has 0 unspecified atom stereocenters. The average molecular weight is 500 g/mol. The molecule has 1 saturated heterocycles. The molecule has 192 valence electrons. The van der Waals surface area contributed by atoms with E-state index in [2.05, 4.69) is 49.4 Å². The van der Waals surface area contributed by atoms with E-state index in [0.717, 1.165) is 72.6 Å². The van der Waals surface area contributed by atoms with Gasteiger partial charge in [0.25, 0.3) is 5.56 Å². The summed E-state index contributed by atoms with van der Waals surface area (Å²) in [7, 11) is 0. The number of nitrogens with zero attached hydrogens (tertiary/aromatic N) is 6. The number of phenols is 1. The fraction of sp³-hybridized carbons (Fsp3) is 0.429. The number of nitrogens with one attached hydrogen (secondary N) is 1. The van der Waals surface area contributed by atoms with Gasteiger partial charge in [0, 0.05) is 37.4 Å². The van der Waals surface area contributed by atoms with Gasteiger partial charge >= 0.3 is 0 Å². The van der Waals surface area contributed by atoms with E-state index in [1.807, 2.05) is 29.8 Å². The van der Waals surface area contributed by atoms with Gasteiger partial charge in [0.15, 0.2) is 5.82 Å². The largest absolute Gasteiger partial charge is 0.508 e. The maximum Gasteiger partial charge on any atom is 0.253 e. The summed E-state index contributed by atoms with van der Waals surface area (Å²) in [5.41, 5.74) is 4.78. The zero-order valence-electron chi connectivity index (χ0n) is 21.4. The van der Waals surface area contributed by atoms with Crippen LogP contribution in [0, 0.1) is 13.8 Å². The van der Waals surface area contributed by atoms with Gasteiger partial charge in [0.1, 0.15) is 11.8 Å². The Balaban J connectivity index is 1.40. The zero-order chi connectivity index (χ0) is 25.5. The van der Waals surface area contributed by atoms with Crippen LogP contribution >= 0.6 is 0 Å². The number of aromatic nitrogens is 5. The molecule has 9 heteroatoms. The second-order valence-electron chi connectivity index (χ2n) is 10.5. The van der Waals surface area contributed by atoms with E-state index in [1.54, 1.807) is 12.1 Å². The molecule has 2 N–H and O–H groups in total. The van der Waals surface area contributed by atoms with Crippen molar-refractivity contribution in [2.75, 3.05) is 31.1 Å². The molecule has 9 nitrogen and oxygen atoms in total. The van der Waals surface area contributed by atoms with E-state index < -0.39 is 0 Å². The predicted octanol–water partition coefficient (Wildman–Crippen LogP) is 3.86. The summed E-state index contributed by atoms with van der Waals surface area (Å²) in [5.74, 6) is 1.02. The molecule has 2 aromatic carbocycles. The zero-order valence-corrected chi connectivity index (χ0v) is 21.4. The Labute approximate surface area is 215 Å². The molecule has 3 heterocycles. The summed E-state index contributed by atoms with van der Waals surface area (Å²) in [6.07, 6.45) is 4.47. The number of rotatable bonds is 5. The summed E-state index contributed by atoms with van der Waals surface area (Å²) in [4.78, 5) is 21.4. The van der Waals surface area contributed by atoms with Crippen molar-refractivity contribution in [3.63, 3.8) is 0 Å². The number of H-pyrrole nitrogens is 1. The molecule has 2 aromatic heterocycles. The quantitative estimate of drug-likeness (QED) is 0.430. The van der Waals surface area contributed by atoms with E-state index in [9.17, 15) is 9.90 Å². The van der Waals surface area contributed by atoms with Crippen LogP contribution < -0.4 is 10.5 Å². The van der Waals surface area contributed by atoms with Gasteiger partial charge in [-0.2, -0.15) is 0 Å². The lowest BCUT2D eigenvalue weighted by Gasteiger charge is -2.39. The van der Waals surface area contributed by atoms with Crippen LogP contribution in [0.2, 0.25) is 0 Å². The first kappa shape index (κ1) is 23.7. The Kier molecular flexibility index (Phi) is 6.16. The number of aromatic amines is 1. The van der Waals surface area contributed by atoms with Crippen molar-refractivity contribution >= 4 is 16.6 Å². The minimum Gasteiger partial charge on any atom is -0.508 e. The van der Waals surface area contributed by atoms with Crippen LogP contribution in [0.15, 0.2) is 47.3 Å². The van der Waals surface area contributed by atoms with Crippen molar-refractivity contribution in [1.29, 1.82) is 0 Å². The molecule has 6 rings (SSSR count). The number of tetrazole rings is 1. The lowest BCUT2D eigenvalue weighted by atomic mass is 10.00. The highest BCUT2D eigenvalue weighted by molar-refractivity contribution is 5.83. The van der Waals surface area contributed by atoms with E-state index in [1.165, 1.54) is 12.8 Å². The molecule has 0 radical (unpaired) electrons. The molecule has 1 aliphatic carbocycles. The number of fused-ring (bicyclic) bond motifs is 1. The lowest BCUT2D eigenvalue weighted by molar-refractivity contribution is 0.197. The van der Waals surface area contributed by atoms with Gasteiger partial charge in [-0.15, -0.1) is 5.10 Å². The molecule has 1 saturated carbocycles. The third-order valence-electron chi connectivity index (χ3n) is 7.94. The molecule has 1 aliphatic heterocycles. The first-order valence-corrected chi connectivity index (χ1v) is 13.2. The Morgan fingerprint density at radius 1 is 1.00 bits per heavy atom. The van der Waals surface area contributed by atoms with Gasteiger partial charge in [-0.25, -0.2) is 4.68 Å². The highest BCUT2D eigenvalue weighted by atomic mass is 16.3. The fourth-order valence-corrected chi connectivity index (χ4v) is 6.10. The second kappa shape index (κ2) is 9.63. The highest BCUT2D eigenvalue weighted by Crippen LogP contribution is 2.35. The van der Waals surface area contributed by atoms with Crippen LogP contribution in [0.25, 0.3) is 10.9 Å². The number of aromatic hydroxyl groups is 1. The van der Waals surface area contributed by atoms with Crippen LogP contribution in [0.1, 0.15) is 60.3 Å². The third-order valence-corrected chi connectivity index (χ3v) is 7.94. The number of hydrogen-bond acceptors (Lipinski definition) is 7. The van der Waals surface area contributed by atoms with Gasteiger partial charge in [-0.1, -0.05) is 24.5 Å². The fourth-order valence-electron chi connectivity index (χ4n) is 6.10.